The van der Waals surface area contributed by atoms with Crippen LogP contribution in [0.2, 0.25) is 0 Å². The van der Waals surface area contributed by atoms with E-state index in [0.29, 0.717) is 6.54 Å². The summed E-state index contributed by atoms with van der Waals surface area (Å²) in [6, 6.07) is 0. The van der Waals surface area contributed by atoms with Gasteiger partial charge in [0.05, 0.1) is 12.6 Å². The highest BCUT2D eigenvalue weighted by Gasteiger charge is 2.04. The summed E-state index contributed by atoms with van der Waals surface area (Å²) >= 11 is 0. The van der Waals surface area contributed by atoms with Gasteiger partial charge < -0.3 is 10.4 Å². The van der Waals surface area contributed by atoms with Gasteiger partial charge in [0.1, 0.15) is 0 Å². The summed E-state index contributed by atoms with van der Waals surface area (Å²) in [5.41, 5.74) is 1.13. The van der Waals surface area contributed by atoms with Gasteiger partial charge in [-0.1, -0.05) is 0 Å². The molecular weight excluding hydrogens is 222 g/mol. The van der Waals surface area contributed by atoms with Crippen LogP contribution < -0.4 is 5.32 Å². The van der Waals surface area contributed by atoms with E-state index < -0.39 is 5.97 Å². The molecule has 0 spiro atoms. The van der Waals surface area contributed by atoms with Crippen molar-refractivity contribution in [1.82, 2.24) is 15.1 Å². The SMILES string of the molecule is Cn1cc(CCCNC(=O)CCC(=O)O)cn1. The Morgan fingerprint density at radius 2 is 2.24 bits per heavy atom. The fraction of sp³-hybridized carbons (Fsp3) is 0.545. The van der Waals surface area contributed by atoms with Gasteiger partial charge in [0.25, 0.3) is 0 Å². The molecule has 1 aromatic heterocycles. The molecule has 1 amide bonds. The second kappa shape index (κ2) is 6.67. The Morgan fingerprint density at radius 3 is 2.82 bits per heavy atom. The normalized spacial score (nSPS) is 10.2. The van der Waals surface area contributed by atoms with Crippen LogP contribution in [-0.4, -0.2) is 33.3 Å². The minimum absolute atomic E-state index is 0.0439. The molecule has 94 valence electrons. The molecule has 0 bridgehead atoms. The number of rotatable bonds is 7. The molecule has 0 aliphatic carbocycles. The zero-order valence-corrected chi connectivity index (χ0v) is 9.85. The molecule has 0 aliphatic heterocycles. The number of hydrogen-bond donors (Lipinski definition) is 2. The minimum atomic E-state index is -0.949. The van der Waals surface area contributed by atoms with Crippen LogP contribution >= 0.6 is 0 Å². The van der Waals surface area contributed by atoms with E-state index in [-0.39, 0.29) is 18.7 Å². The fourth-order valence-electron chi connectivity index (χ4n) is 1.43. The van der Waals surface area contributed by atoms with E-state index in [4.69, 9.17) is 5.11 Å². The molecule has 0 atom stereocenters. The van der Waals surface area contributed by atoms with Crippen LogP contribution in [0.5, 0.6) is 0 Å². The zero-order valence-electron chi connectivity index (χ0n) is 9.85. The number of nitrogens with zero attached hydrogens (tertiary/aromatic N) is 2. The predicted octanol–water partition coefficient (Wildman–Crippen LogP) is 0.334. The molecular formula is C11H17N3O3. The average Bonchev–Trinajstić information content (AvgIpc) is 2.68. The van der Waals surface area contributed by atoms with E-state index in [2.05, 4.69) is 10.4 Å². The number of aryl methyl sites for hydroxylation is 2. The Bertz CT molecular complexity index is 387. The number of carboxylic acid groups (broad SMARTS) is 1. The summed E-state index contributed by atoms with van der Waals surface area (Å²) in [5.74, 6) is -1.16. The first-order valence-corrected chi connectivity index (χ1v) is 5.54. The van der Waals surface area contributed by atoms with E-state index in [9.17, 15) is 9.59 Å². The van der Waals surface area contributed by atoms with E-state index in [1.807, 2.05) is 13.2 Å². The first-order valence-electron chi connectivity index (χ1n) is 5.54. The summed E-state index contributed by atoms with van der Waals surface area (Å²) < 4.78 is 1.74. The second-order valence-electron chi connectivity index (χ2n) is 3.87. The summed E-state index contributed by atoms with van der Waals surface area (Å²) in [5, 5.41) is 15.1. The molecule has 1 heterocycles. The maximum atomic E-state index is 11.2. The van der Waals surface area contributed by atoms with Crippen molar-refractivity contribution in [3.63, 3.8) is 0 Å². The second-order valence-corrected chi connectivity index (χ2v) is 3.87. The lowest BCUT2D eigenvalue weighted by Crippen LogP contribution is -2.25. The molecule has 0 radical (unpaired) electrons. The Balaban J connectivity index is 2.07. The lowest BCUT2D eigenvalue weighted by Gasteiger charge is -2.03. The van der Waals surface area contributed by atoms with Crippen LogP contribution in [0.1, 0.15) is 24.8 Å². The minimum Gasteiger partial charge on any atom is -0.481 e. The summed E-state index contributed by atoms with van der Waals surface area (Å²) in [4.78, 5) is 21.4. The van der Waals surface area contributed by atoms with Crippen molar-refractivity contribution in [2.75, 3.05) is 6.54 Å². The first kappa shape index (κ1) is 13.2. The summed E-state index contributed by atoms with van der Waals surface area (Å²) in [6.45, 7) is 0.563. The van der Waals surface area contributed by atoms with Crippen molar-refractivity contribution in [3.05, 3.63) is 18.0 Å². The quantitative estimate of drug-likeness (QED) is 0.672. The van der Waals surface area contributed by atoms with Crippen molar-refractivity contribution < 1.29 is 14.7 Å². The molecule has 0 aromatic carbocycles. The first-order chi connectivity index (χ1) is 8.08. The van der Waals surface area contributed by atoms with Gasteiger partial charge in [-0.2, -0.15) is 5.10 Å². The van der Waals surface area contributed by atoms with Crippen molar-refractivity contribution in [1.29, 1.82) is 0 Å². The van der Waals surface area contributed by atoms with Gasteiger partial charge in [-0.15, -0.1) is 0 Å². The maximum absolute atomic E-state index is 11.2. The van der Waals surface area contributed by atoms with Gasteiger partial charge in [0, 0.05) is 26.2 Å². The van der Waals surface area contributed by atoms with Gasteiger partial charge >= 0.3 is 5.97 Å². The van der Waals surface area contributed by atoms with Crippen LogP contribution in [0.15, 0.2) is 12.4 Å². The van der Waals surface area contributed by atoms with Crippen molar-refractivity contribution in [2.45, 2.75) is 25.7 Å². The molecule has 0 fully saturated rings. The Hall–Kier alpha value is -1.85. The van der Waals surface area contributed by atoms with Crippen LogP contribution in [-0.2, 0) is 23.1 Å². The third kappa shape index (κ3) is 5.70. The summed E-state index contributed by atoms with van der Waals surface area (Å²) in [6.07, 6.45) is 5.34. The number of carbonyl (C=O) groups is 2. The number of hydrogen-bond acceptors (Lipinski definition) is 3. The maximum Gasteiger partial charge on any atom is 0.303 e. The molecule has 6 heteroatoms. The molecule has 0 unspecified atom stereocenters. The number of amides is 1. The zero-order chi connectivity index (χ0) is 12.7. The van der Waals surface area contributed by atoms with Gasteiger partial charge in [-0.05, 0) is 18.4 Å². The highest BCUT2D eigenvalue weighted by atomic mass is 16.4. The summed E-state index contributed by atoms with van der Waals surface area (Å²) in [7, 11) is 1.86. The lowest BCUT2D eigenvalue weighted by atomic mass is 10.2. The molecule has 17 heavy (non-hydrogen) atoms. The largest absolute Gasteiger partial charge is 0.481 e. The number of aliphatic carboxylic acids is 1. The molecule has 0 saturated carbocycles. The highest BCUT2D eigenvalue weighted by Crippen LogP contribution is 2.00. The van der Waals surface area contributed by atoms with Crippen LogP contribution in [0.25, 0.3) is 0 Å². The molecule has 6 nitrogen and oxygen atoms in total. The van der Waals surface area contributed by atoms with Crippen molar-refractivity contribution >= 4 is 11.9 Å². The van der Waals surface area contributed by atoms with Gasteiger partial charge in [-0.25, -0.2) is 0 Å². The topological polar surface area (TPSA) is 84.2 Å². The van der Waals surface area contributed by atoms with Crippen molar-refractivity contribution in [2.24, 2.45) is 7.05 Å². The van der Waals surface area contributed by atoms with E-state index in [1.165, 1.54) is 0 Å². The van der Waals surface area contributed by atoms with E-state index >= 15 is 0 Å². The number of nitrogens with one attached hydrogen (secondary N) is 1. The molecule has 1 rings (SSSR count). The number of aromatic nitrogens is 2. The Kier molecular flexibility index (Phi) is 5.19. The third-order valence-electron chi connectivity index (χ3n) is 2.29. The highest BCUT2D eigenvalue weighted by molar-refractivity contribution is 5.80. The van der Waals surface area contributed by atoms with Crippen LogP contribution in [0.4, 0.5) is 0 Å². The van der Waals surface area contributed by atoms with Crippen LogP contribution in [0, 0.1) is 0 Å². The standard InChI is InChI=1S/C11H17N3O3/c1-14-8-9(7-13-14)3-2-6-12-10(15)4-5-11(16)17/h7-8H,2-6H2,1H3,(H,12,15)(H,16,17). The Morgan fingerprint density at radius 1 is 1.47 bits per heavy atom. The van der Waals surface area contributed by atoms with Gasteiger partial charge in [-0.3, -0.25) is 14.3 Å². The third-order valence-corrected chi connectivity index (χ3v) is 2.29. The Labute approximate surface area is 99.6 Å². The number of carboxylic acids is 1. The van der Waals surface area contributed by atoms with Gasteiger partial charge in [0.2, 0.25) is 5.91 Å². The van der Waals surface area contributed by atoms with E-state index in [0.717, 1.165) is 18.4 Å². The molecule has 2 N–H and O–H groups in total. The molecule has 0 saturated heterocycles. The van der Waals surface area contributed by atoms with Gasteiger partial charge in [0.15, 0.2) is 0 Å². The predicted molar refractivity (Wildman–Crippen MR) is 61.4 cm³/mol. The molecule has 1 aromatic rings. The monoisotopic (exact) mass is 239 g/mol. The molecule has 0 aliphatic rings. The van der Waals surface area contributed by atoms with Crippen molar-refractivity contribution in [3.8, 4) is 0 Å². The smallest absolute Gasteiger partial charge is 0.303 e. The fourth-order valence-corrected chi connectivity index (χ4v) is 1.43. The lowest BCUT2D eigenvalue weighted by molar-refractivity contribution is -0.138. The average molecular weight is 239 g/mol. The van der Waals surface area contributed by atoms with E-state index in [1.54, 1.807) is 10.9 Å². The number of carbonyl (C=O) groups excluding carboxylic acids is 1. The van der Waals surface area contributed by atoms with Crippen LogP contribution in [0.3, 0.4) is 0 Å².